The molecule has 0 saturated carbocycles. The van der Waals surface area contributed by atoms with Gasteiger partial charge in [-0.25, -0.2) is 13.4 Å². The molecule has 0 aliphatic carbocycles. The molecule has 1 aliphatic rings. The summed E-state index contributed by atoms with van der Waals surface area (Å²) in [5.74, 6) is -0.338. The molecule has 5 rings (SSSR count). The Labute approximate surface area is 198 Å². The maximum atomic E-state index is 13.0. The number of hydrogen-bond donors (Lipinski definition) is 1. The van der Waals surface area contributed by atoms with Gasteiger partial charge in [0.1, 0.15) is 15.3 Å². The number of para-hydroxylation sites is 1. The normalized spacial score (nSPS) is 17.1. The molecule has 10 heteroatoms. The number of anilines is 1. The summed E-state index contributed by atoms with van der Waals surface area (Å²) in [6.45, 7) is 0.307. The Bertz CT molecular complexity index is 1380. The zero-order chi connectivity index (χ0) is 22.3. The lowest BCUT2D eigenvalue weighted by atomic mass is 10.2. The molecular formula is C22H18ClN3O3S3. The van der Waals surface area contributed by atoms with Crippen molar-refractivity contribution in [1.29, 1.82) is 0 Å². The van der Waals surface area contributed by atoms with Gasteiger partial charge in [0, 0.05) is 17.8 Å². The minimum absolute atomic E-state index is 0.153. The fourth-order valence-electron chi connectivity index (χ4n) is 3.79. The van der Waals surface area contributed by atoms with E-state index < -0.39 is 16.1 Å². The molecule has 1 atom stereocenters. The highest BCUT2D eigenvalue weighted by Gasteiger charge is 2.40. The highest BCUT2D eigenvalue weighted by Crippen LogP contribution is 2.34. The summed E-state index contributed by atoms with van der Waals surface area (Å²) in [6, 6.07) is 17.7. The molecule has 0 radical (unpaired) electrons. The van der Waals surface area contributed by atoms with Crippen LogP contribution < -0.4 is 5.32 Å². The van der Waals surface area contributed by atoms with Crippen molar-refractivity contribution in [2.45, 2.75) is 23.1 Å². The predicted molar refractivity (Wildman–Crippen MR) is 130 cm³/mol. The molecule has 3 heterocycles. The van der Waals surface area contributed by atoms with Gasteiger partial charge in [-0.05, 0) is 49.2 Å². The first-order valence-electron chi connectivity index (χ1n) is 9.96. The van der Waals surface area contributed by atoms with E-state index in [4.69, 9.17) is 11.6 Å². The number of rotatable bonds is 5. The number of hydrogen-bond acceptors (Lipinski definition) is 6. The van der Waals surface area contributed by atoms with Crippen LogP contribution in [0.25, 0.3) is 20.8 Å². The summed E-state index contributed by atoms with van der Waals surface area (Å²) in [6.07, 6.45) is 1.10. The molecule has 1 unspecified atom stereocenters. The number of amides is 1. The van der Waals surface area contributed by atoms with Crippen LogP contribution >= 0.6 is 34.3 Å². The second-order valence-electron chi connectivity index (χ2n) is 7.39. The molecule has 1 aliphatic heterocycles. The van der Waals surface area contributed by atoms with Gasteiger partial charge in [-0.3, -0.25) is 4.79 Å². The van der Waals surface area contributed by atoms with Crippen molar-refractivity contribution in [3.63, 3.8) is 0 Å². The Morgan fingerprint density at radius 2 is 1.94 bits per heavy atom. The first-order chi connectivity index (χ1) is 15.4. The Kier molecular flexibility index (Phi) is 5.77. The largest absolute Gasteiger partial charge is 0.325 e. The van der Waals surface area contributed by atoms with E-state index in [9.17, 15) is 13.2 Å². The van der Waals surface area contributed by atoms with Gasteiger partial charge in [-0.1, -0.05) is 35.9 Å². The van der Waals surface area contributed by atoms with E-state index in [1.165, 1.54) is 10.4 Å². The van der Waals surface area contributed by atoms with Crippen LogP contribution in [-0.2, 0) is 14.8 Å². The van der Waals surface area contributed by atoms with Crippen molar-refractivity contribution in [2.75, 3.05) is 11.9 Å². The highest BCUT2D eigenvalue weighted by atomic mass is 35.5. The average Bonchev–Trinajstić information content (AvgIpc) is 3.53. The topological polar surface area (TPSA) is 79.4 Å². The molecule has 4 aromatic rings. The number of thiophene rings is 1. The van der Waals surface area contributed by atoms with Crippen LogP contribution in [0.5, 0.6) is 0 Å². The summed E-state index contributed by atoms with van der Waals surface area (Å²) in [5, 5.41) is 3.76. The van der Waals surface area contributed by atoms with E-state index in [-0.39, 0.29) is 10.1 Å². The molecule has 0 bridgehead atoms. The number of nitrogens with zero attached hydrogens (tertiary/aromatic N) is 2. The standard InChI is InChI=1S/C22H18ClN3O3S3/c23-19-10-11-20(31-19)32(28,29)26-12-4-8-17(26)21(27)24-15-6-3-5-14(13-15)22-25-16-7-1-2-9-18(16)30-22/h1-3,5-7,9-11,13,17H,4,8,12H2,(H,24,27). The fourth-order valence-corrected chi connectivity index (χ4v) is 8.02. The zero-order valence-electron chi connectivity index (χ0n) is 16.7. The molecule has 0 spiro atoms. The number of thiazole rings is 1. The SMILES string of the molecule is O=C(Nc1cccc(-c2nc3ccccc3s2)c1)C1CCCN1S(=O)(=O)c1ccc(Cl)s1. The molecule has 2 aromatic carbocycles. The van der Waals surface area contributed by atoms with Gasteiger partial charge in [0.25, 0.3) is 10.0 Å². The molecule has 32 heavy (non-hydrogen) atoms. The minimum atomic E-state index is -3.77. The van der Waals surface area contributed by atoms with Crippen LogP contribution in [0.2, 0.25) is 4.34 Å². The Hall–Kier alpha value is -2.30. The third-order valence-electron chi connectivity index (χ3n) is 5.29. The number of sulfonamides is 1. The lowest BCUT2D eigenvalue weighted by Crippen LogP contribution is -2.42. The number of fused-ring (bicyclic) bond motifs is 1. The summed E-state index contributed by atoms with van der Waals surface area (Å²) in [4.78, 5) is 17.7. The number of carbonyl (C=O) groups excluding carboxylic acids is 1. The Balaban J connectivity index is 1.37. The van der Waals surface area contributed by atoms with Gasteiger partial charge < -0.3 is 5.32 Å². The number of carbonyl (C=O) groups is 1. The van der Waals surface area contributed by atoms with E-state index in [1.54, 1.807) is 23.5 Å². The van der Waals surface area contributed by atoms with Gasteiger partial charge in [-0.2, -0.15) is 4.31 Å². The Morgan fingerprint density at radius 1 is 1.09 bits per heavy atom. The second-order valence-corrected chi connectivity index (χ2v) is 12.3. The van der Waals surface area contributed by atoms with Crippen LogP contribution in [0.15, 0.2) is 64.9 Å². The van der Waals surface area contributed by atoms with Crippen molar-refractivity contribution < 1.29 is 13.2 Å². The summed E-state index contributed by atoms with van der Waals surface area (Å²) in [5.41, 5.74) is 2.44. The fraction of sp³-hybridized carbons (Fsp3) is 0.182. The number of benzene rings is 2. The van der Waals surface area contributed by atoms with E-state index in [2.05, 4.69) is 10.3 Å². The first-order valence-corrected chi connectivity index (χ1v) is 13.4. The summed E-state index contributed by atoms with van der Waals surface area (Å²) >= 11 is 8.51. The van der Waals surface area contributed by atoms with E-state index >= 15 is 0 Å². The smallest absolute Gasteiger partial charge is 0.253 e. The van der Waals surface area contributed by atoms with Gasteiger partial charge >= 0.3 is 0 Å². The first kappa shape index (κ1) is 21.5. The monoisotopic (exact) mass is 503 g/mol. The van der Waals surface area contributed by atoms with Crippen LogP contribution in [0.3, 0.4) is 0 Å². The van der Waals surface area contributed by atoms with Gasteiger partial charge in [0.15, 0.2) is 0 Å². The van der Waals surface area contributed by atoms with Crippen molar-refractivity contribution in [1.82, 2.24) is 9.29 Å². The van der Waals surface area contributed by atoms with Crippen LogP contribution in [0.4, 0.5) is 5.69 Å². The maximum absolute atomic E-state index is 13.0. The third-order valence-corrected chi connectivity index (χ3v) is 9.98. The van der Waals surface area contributed by atoms with Crippen molar-refractivity contribution >= 4 is 66.1 Å². The number of halogens is 1. The molecule has 1 saturated heterocycles. The molecule has 164 valence electrons. The summed E-state index contributed by atoms with van der Waals surface area (Å²) in [7, 11) is -3.77. The second kappa shape index (κ2) is 8.57. The Morgan fingerprint density at radius 3 is 2.72 bits per heavy atom. The third kappa shape index (κ3) is 4.06. The van der Waals surface area contributed by atoms with Crippen LogP contribution in [0, 0.1) is 0 Å². The predicted octanol–water partition coefficient (Wildman–Crippen LogP) is 5.47. The van der Waals surface area contributed by atoms with Crippen molar-refractivity contribution in [3.05, 3.63) is 65.0 Å². The molecule has 2 aromatic heterocycles. The van der Waals surface area contributed by atoms with Gasteiger partial charge in [0.05, 0.1) is 14.6 Å². The quantitative estimate of drug-likeness (QED) is 0.391. The van der Waals surface area contributed by atoms with E-state index in [0.29, 0.717) is 29.4 Å². The van der Waals surface area contributed by atoms with Crippen molar-refractivity contribution in [3.8, 4) is 10.6 Å². The van der Waals surface area contributed by atoms with Crippen LogP contribution in [-0.4, -0.2) is 36.2 Å². The van der Waals surface area contributed by atoms with E-state index in [0.717, 1.165) is 32.1 Å². The van der Waals surface area contributed by atoms with Crippen LogP contribution in [0.1, 0.15) is 12.8 Å². The molecule has 6 nitrogen and oxygen atoms in total. The lowest BCUT2D eigenvalue weighted by Gasteiger charge is -2.22. The average molecular weight is 504 g/mol. The minimum Gasteiger partial charge on any atom is -0.325 e. The highest BCUT2D eigenvalue weighted by molar-refractivity contribution is 7.91. The molecule has 1 fully saturated rings. The maximum Gasteiger partial charge on any atom is 0.253 e. The number of nitrogens with one attached hydrogen (secondary N) is 1. The van der Waals surface area contributed by atoms with E-state index in [1.807, 2.05) is 42.5 Å². The van der Waals surface area contributed by atoms with Gasteiger partial charge in [-0.15, -0.1) is 22.7 Å². The zero-order valence-corrected chi connectivity index (χ0v) is 19.9. The lowest BCUT2D eigenvalue weighted by molar-refractivity contribution is -0.119. The molecule has 1 N–H and O–H groups in total. The molecule has 1 amide bonds. The summed E-state index contributed by atoms with van der Waals surface area (Å²) < 4.78 is 29.0. The van der Waals surface area contributed by atoms with Crippen molar-refractivity contribution in [2.24, 2.45) is 0 Å². The number of aromatic nitrogens is 1. The van der Waals surface area contributed by atoms with Gasteiger partial charge in [0.2, 0.25) is 5.91 Å². The molecular weight excluding hydrogens is 486 g/mol.